The van der Waals surface area contributed by atoms with Crippen LogP contribution in [0, 0.1) is 0 Å². The summed E-state index contributed by atoms with van der Waals surface area (Å²) in [6.07, 6.45) is 1.44. The molecule has 11 heteroatoms. The molecule has 3 aromatic carbocycles. The number of hydrogen-bond donors (Lipinski definition) is 0. The molecule has 0 spiro atoms. The van der Waals surface area contributed by atoms with Gasteiger partial charge in [0, 0.05) is 27.1 Å². The Labute approximate surface area is 267 Å². The van der Waals surface area contributed by atoms with E-state index in [2.05, 4.69) is 11.6 Å². The van der Waals surface area contributed by atoms with E-state index in [0.29, 0.717) is 13.0 Å². The second-order valence-electron chi connectivity index (χ2n) is 11.4. The normalized spacial score (nSPS) is 18.8. The Kier molecular flexibility index (Phi) is 8.81. The summed E-state index contributed by atoms with van der Waals surface area (Å²) >= 11 is 1.60. The molecule has 0 N–H and O–H groups in total. The first-order chi connectivity index (χ1) is 21.8. The van der Waals surface area contributed by atoms with Crippen molar-refractivity contribution in [1.82, 2.24) is 24.8 Å². The Morgan fingerprint density at radius 2 is 1.76 bits per heavy atom. The lowest BCUT2D eigenvalue weighted by Crippen LogP contribution is -2.66. The van der Waals surface area contributed by atoms with E-state index in [0.717, 1.165) is 32.0 Å². The van der Waals surface area contributed by atoms with Gasteiger partial charge in [0.25, 0.3) is 0 Å². The van der Waals surface area contributed by atoms with Crippen molar-refractivity contribution in [3.8, 4) is 0 Å². The number of carbonyl (C=O) groups excluding carboxylic acids is 2. The first-order valence-electron chi connectivity index (χ1n) is 14.9. The third-order valence-corrected chi connectivity index (χ3v) is 9.33. The summed E-state index contributed by atoms with van der Waals surface area (Å²) in [6.45, 7) is 4.78. The van der Waals surface area contributed by atoms with Crippen LogP contribution in [0.1, 0.15) is 16.7 Å². The van der Waals surface area contributed by atoms with Gasteiger partial charge in [-0.05, 0) is 22.8 Å². The molecule has 0 aliphatic carbocycles. The summed E-state index contributed by atoms with van der Waals surface area (Å²) in [6, 6.07) is 24.1. The number of thiazole rings is 1. The van der Waals surface area contributed by atoms with Crippen molar-refractivity contribution in [2.24, 2.45) is 4.99 Å². The number of para-hydroxylation sites is 1. The fraction of sp³-hybridized carbons (Fsp3) is 0.294. The summed E-state index contributed by atoms with van der Waals surface area (Å²) in [4.78, 5) is 42.6. The van der Waals surface area contributed by atoms with Crippen molar-refractivity contribution in [1.29, 1.82) is 0 Å². The summed E-state index contributed by atoms with van der Waals surface area (Å²) in [7, 11) is 3.92. The molecule has 0 bridgehead atoms. The number of carbonyl (C=O) groups is 2. The molecule has 1 unspecified atom stereocenters. The molecular weight excluding hydrogens is 586 g/mol. The van der Waals surface area contributed by atoms with Crippen LogP contribution in [0.15, 0.2) is 96.5 Å². The number of aliphatic imine (C=N–C) groups is 1. The molecule has 6 rings (SSSR count). The second kappa shape index (κ2) is 13.1. The van der Waals surface area contributed by atoms with E-state index in [1.165, 1.54) is 5.01 Å². The highest BCUT2D eigenvalue weighted by atomic mass is 32.1. The topological polar surface area (TPSA) is 98.6 Å². The minimum Gasteiger partial charge on any atom is -0.845 e. The van der Waals surface area contributed by atoms with Crippen LogP contribution in [-0.4, -0.2) is 88.6 Å². The molecular formula is C34H36N7O3S-. The number of amides is 2. The maximum Gasteiger partial charge on any atom is 0.246 e. The summed E-state index contributed by atoms with van der Waals surface area (Å²) < 4.78 is 1.04. The molecule has 1 aromatic heterocycles. The molecule has 0 saturated carbocycles. The fourth-order valence-electron chi connectivity index (χ4n) is 5.99. The quantitative estimate of drug-likeness (QED) is 0.152. The number of nitrogens with zero attached hydrogens (tertiary/aromatic N) is 7. The largest absolute Gasteiger partial charge is 0.845 e. The zero-order valence-corrected chi connectivity index (χ0v) is 26.3. The molecule has 4 aromatic rings. The van der Waals surface area contributed by atoms with Crippen molar-refractivity contribution in [2.45, 2.75) is 31.7 Å². The fourth-order valence-corrected chi connectivity index (χ4v) is 6.92. The van der Waals surface area contributed by atoms with Gasteiger partial charge in [-0.3, -0.25) is 19.6 Å². The molecule has 2 aliphatic rings. The lowest BCUT2D eigenvalue weighted by molar-refractivity contribution is -0.253. The standard InChI is InChI=1S/C34H37N7O3S/c1-4-18-39(33(44)35-20-25-14-9-6-10-15-25)40-23-30(42)41-27(19-24-12-7-5-8-13-24)32(43)38(22-29(40)41)21-26-16-11-17-28-31(26)36-34(45-28)37(2)3/h4-17,27,29H,1,18-23H2,2-3H3,(H,35,44)/p-1/t27?,29-/m1/s1. The van der Waals surface area contributed by atoms with Crippen molar-refractivity contribution < 1.29 is 14.7 Å². The van der Waals surface area contributed by atoms with E-state index in [-0.39, 0.29) is 38.0 Å². The van der Waals surface area contributed by atoms with E-state index in [1.807, 2.05) is 103 Å². The van der Waals surface area contributed by atoms with Crippen LogP contribution in [0.4, 0.5) is 5.13 Å². The van der Waals surface area contributed by atoms with E-state index < -0.39 is 18.2 Å². The number of benzene rings is 3. The first-order valence-corrected chi connectivity index (χ1v) is 15.8. The summed E-state index contributed by atoms with van der Waals surface area (Å²) in [5.74, 6) is -0.322. The van der Waals surface area contributed by atoms with Crippen LogP contribution in [0.25, 0.3) is 10.2 Å². The van der Waals surface area contributed by atoms with E-state index >= 15 is 0 Å². The monoisotopic (exact) mass is 622 g/mol. The van der Waals surface area contributed by atoms with Gasteiger partial charge in [-0.15, -0.1) is 6.58 Å². The average Bonchev–Trinajstić information content (AvgIpc) is 3.63. The number of aromatic nitrogens is 1. The van der Waals surface area contributed by atoms with Crippen molar-refractivity contribution in [3.05, 3.63) is 108 Å². The SMILES string of the molecule is C=CCN(C([O-])=NCc1ccccc1)N1CC(=O)N2C(Cc3ccccc3)C(=O)N(Cc3cccc4sc(N(C)C)nc34)C[C@@H]21. The van der Waals surface area contributed by atoms with Crippen LogP contribution in [0.3, 0.4) is 0 Å². The van der Waals surface area contributed by atoms with Crippen molar-refractivity contribution in [2.75, 3.05) is 38.6 Å². The lowest BCUT2D eigenvalue weighted by Gasteiger charge is -2.47. The van der Waals surface area contributed by atoms with Gasteiger partial charge in [0.1, 0.15) is 12.2 Å². The van der Waals surface area contributed by atoms with Gasteiger partial charge in [-0.2, -0.15) is 5.01 Å². The molecule has 10 nitrogen and oxygen atoms in total. The van der Waals surface area contributed by atoms with Crippen LogP contribution in [0.5, 0.6) is 0 Å². The molecule has 3 heterocycles. The maximum absolute atomic E-state index is 14.2. The summed E-state index contributed by atoms with van der Waals surface area (Å²) in [5, 5.41) is 17.7. The van der Waals surface area contributed by atoms with Gasteiger partial charge in [0.15, 0.2) is 5.13 Å². The van der Waals surface area contributed by atoms with Crippen LogP contribution in [-0.2, 0) is 29.1 Å². The third-order valence-electron chi connectivity index (χ3n) is 8.15. The van der Waals surface area contributed by atoms with Crippen molar-refractivity contribution >= 4 is 44.5 Å². The molecule has 2 aliphatic heterocycles. The van der Waals surface area contributed by atoms with Gasteiger partial charge in [-0.1, -0.05) is 90.2 Å². The molecule has 2 atom stereocenters. The third kappa shape index (κ3) is 6.27. The number of rotatable bonds is 10. The highest BCUT2D eigenvalue weighted by Gasteiger charge is 2.51. The van der Waals surface area contributed by atoms with Gasteiger partial charge in [0.2, 0.25) is 11.8 Å². The number of fused-ring (bicyclic) bond motifs is 2. The Morgan fingerprint density at radius 1 is 1.04 bits per heavy atom. The highest BCUT2D eigenvalue weighted by Crippen LogP contribution is 2.33. The van der Waals surface area contributed by atoms with Gasteiger partial charge >= 0.3 is 0 Å². The average molecular weight is 623 g/mol. The Balaban J connectivity index is 1.34. The smallest absolute Gasteiger partial charge is 0.246 e. The van der Waals surface area contributed by atoms with E-state index in [9.17, 15) is 14.7 Å². The number of amidine groups is 1. The van der Waals surface area contributed by atoms with Gasteiger partial charge in [-0.25, -0.2) is 4.98 Å². The first kappa shape index (κ1) is 30.3. The van der Waals surface area contributed by atoms with Crippen LogP contribution in [0.2, 0.25) is 0 Å². The predicted octanol–water partition coefficient (Wildman–Crippen LogP) is 3.11. The van der Waals surface area contributed by atoms with Gasteiger partial charge < -0.3 is 19.8 Å². The Hall–Kier alpha value is -4.74. The number of anilines is 1. The molecule has 2 fully saturated rings. The zero-order valence-electron chi connectivity index (χ0n) is 25.5. The molecule has 45 heavy (non-hydrogen) atoms. The van der Waals surface area contributed by atoms with Gasteiger partial charge in [0.05, 0.1) is 42.4 Å². The molecule has 0 radical (unpaired) electrons. The van der Waals surface area contributed by atoms with Crippen LogP contribution >= 0.6 is 11.3 Å². The van der Waals surface area contributed by atoms with Crippen molar-refractivity contribution in [3.63, 3.8) is 0 Å². The maximum atomic E-state index is 14.2. The predicted molar refractivity (Wildman–Crippen MR) is 175 cm³/mol. The number of hydrogen-bond acceptors (Lipinski definition) is 8. The lowest BCUT2D eigenvalue weighted by atomic mass is 10.00. The molecule has 232 valence electrons. The molecule has 2 saturated heterocycles. The van der Waals surface area contributed by atoms with E-state index in [1.54, 1.807) is 27.3 Å². The van der Waals surface area contributed by atoms with Crippen LogP contribution < -0.4 is 10.0 Å². The minimum absolute atomic E-state index is 0.0363. The number of piperazine rings is 1. The highest BCUT2D eigenvalue weighted by molar-refractivity contribution is 7.22. The Morgan fingerprint density at radius 3 is 2.44 bits per heavy atom. The second-order valence-corrected chi connectivity index (χ2v) is 12.4. The molecule has 2 amide bonds. The zero-order chi connectivity index (χ0) is 31.5. The minimum atomic E-state index is -0.724. The number of hydrazine groups is 1. The van der Waals surface area contributed by atoms with E-state index in [4.69, 9.17) is 4.98 Å². The summed E-state index contributed by atoms with van der Waals surface area (Å²) in [5.41, 5.74) is 3.67. The Bertz CT molecular complexity index is 1710.